The first-order valence-electron chi connectivity index (χ1n) is 9.57. The minimum atomic E-state index is -0.0952. The summed E-state index contributed by atoms with van der Waals surface area (Å²) in [5.41, 5.74) is 1.66. The van der Waals surface area contributed by atoms with Crippen LogP contribution in [0.1, 0.15) is 24.4 Å². The van der Waals surface area contributed by atoms with E-state index in [1.165, 1.54) is 0 Å². The fraction of sp³-hybridized carbons (Fsp3) is 0.409. The summed E-state index contributed by atoms with van der Waals surface area (Å²) in [6.45, 7) is 1.12. The molecule has 0 spiro atoms. The summed E-state index contributed by atoms with van der Waals surface area (Å²) in [5, 5.41) is 2.95. The SMILES string of the molecule is COc1ccc(NC(=O)CN2CCC[C@H]2c2cc(OC)ccc2OC)c(OC)c1. The van der Waals surface area contributed by atoms with Gasteiger partial charge in [-0.3, -0.25) is 9.69 Å². The number of hydrogen-bond acceptors (Lipinski definition) is 6. The monoisotopic (exact) mass is 400 g/mol. The van der Waals surface area contributed by atoms with Crippen LogP contribution in [0.25, 0.3) is 0 Å². The van der Waals surface area contributed by atoms with Gasteiger partial charge >= 0.3 is 0 Å². The fourth-order valence-corrected chi connectivity index (χ4v) is 3.74. The fourth-order valence-electron chi connectivity index (χ4n) is 3.74. The van der Waals surface area contributed by atoms with Crippen LogP contribution in [0.4, 0.5) is 5.69 Å². The Kier molecular flexibility index (Phi) is 6.82. The van der Waals surface area contributed by atoms with Gasteiger partial charge in [0, 0.05) is 17.7 Å². The number of rotatable bonds is 8. The highest BCUT2D eigenvalue weighted by molar-refractivity contribution is 5.93. The number of hydrogen-bond donors (Lipinski definition) is 1. The van der Waals surface area contributed by atoms with Crippen LogP contribution in [0, 0.1) is 0 Å². The standard InChI is InChI=1S/C22H28N2O5/c1-26-15-8-10-20(28-3)17(12-15)19-6-5-11-24(19)14-22(25)23-18-9-7-16(27-2)13-21(18)29-4/h7-10,12-13,19H,5-6,11,14H2,1-4H3,(H,23,25)/t19-/m0/s1. The lowest BCUT2D eigenvalue weighted by Crippen LogP contribution is -2.33. The molecule has 2 aromatic carbocycles. The quantitative estimate of drug-likeness (QED) is 0.732. The van der Waals surface area contributed by atoms with Crippen LogP contribution < -0.4 is 24.3 Å². The Bertz CT molecular complexity index is 855. The lowest BCUT2D eigenvalue weighted by Gasteiger charge is -2.26. The first-order valence-corrected chi connectivity index (χ1v) is 9.57. The van der Waals surface area contributed by atoms with Crippen molar-refractivity contribution in [2.75, 3.05) is 46.8 Å². The van der Waals surface area contributed by atoms with E-state index >= 15 is 0 Å². The third kappa shape index (κ3) is 4.74. The largest absolute Gasteiger partial charge is 0.497 e. The molecule has 0 aromatic heterocycles. The molecule has 1 N–H and O–H groups in total. The second kappa shape index (κ2) is 9.52. The van der Waals surface area contributed by atoms with Crippen LogP contribution in [0.3, 0.4) is 0 Å². The van der Waals surface area contributed by atoms with Gasteiger partial charge in [-0.1, -0.05) is 0 Å². The number of likely N-dealkylation sites (tertiary alicyclic amines) is 1. The van der Waals surface area contributed by atoms with Gasteiger partial charge in [0.2, 0.25) is 5.91 Å². The molecule has 1 aliphatic heterocycles. The topological polar surface area (TPSA) is 69.3 Å². The first kappa shape index (κ1) is 20.8. The van der Waals surface area contributed by atoms with E-state index in [1.54, 1.807) is 46.6 Å². The third-order valence-electron chi connectivity index (χ3n) is 5.19. The van der Waals surface area contributed by atoms with Crippen LogP contribution >= 0.6 is 0 Å². The predicted octanol–water partition coefficient (Wildman–Crippen LogP) is 3.50. The smallest absolute Gasteiger partial charge is 0.238 e. The molecule has 1 saturated heterocycles. The number of anilines is 1. The summed E-state index contributed by atoms with van der Waals surface area (Å²) in [5.74, 6) is 2.72. The van der Waals surface area contributed by atoms with Gasteiger partial charge in [-0.2, -0.15) is 0 Å². The zero-order valence-corrected chi connectivity index (χ0v) is 17.4. The van der Waals surface area contributed by atoms with Gasteiger partial charge in [-0.15, -0.1) is 0 Å². The van der Waals surface area contributed by atoms with E-state index < -0.39 is 0 Å². The molecule has 0 saturated carbocycles. The van der Waals surface area contributed by atoms with E-state index in [4.69, 9.17) is 18.9 Å². The van der Waals surface area contributed by atoms with Gasteiger partial charge in [-0.25, -0.2) is 0 Å². The molecule has 1 aliphatic rings. The molecule has 29 heavy (non-hydrogen) atoms. The third-order valence-corrected chi connectivity index (χ3v) is 5.19. The Labute approximate surface area is 171 Å². The van der Waals surface area contributed by atoms with Crippen LogP contribution in [-0.4, -0.2) is 52.3 Å². The molecule has 1 atom stereocenters. The summed E-state index contributed by atoms with van der Waals surface area (Å²) >= 11 is 0. The van der Waals surface area contributed by atoms with E-state index in [9.17, 15) is 4.79 Å². The summed E-state index contributed by atoms with van der Waals surface area (Å²) < 4.78 is 21.5. The molecule has 3 rings (SSSR count). The second-order valence-electron chi connectivity index (χ2n) is 6.85. The zero-order chi connectivity index (χ0) is 20.8. The maximum atomic E-state index is 12.7. The summed E-state index contributed by atoms with van der Waals surface area (Å²) in [6.07, 6.45) is 1.98. The molecule has 0 aliphatic carbocycles. The number of methoxy groups -OCH3 is 4. The predicted molar refractivity (Wildman–Crippen MR) is 111 cm³/mol. The van der Waals surface area contributed by atoms with Crippen molar-refractivity contribution < 1.29 is 23.7 Å². The average molecular weight is 400 g/mol. The molecule has 7 nitrogen and oxygen atoms in total. The van der Waals surface area contributed by atoms with Gasteiger partial charge in [-0.05, 0) is 49.7 Å². The van der Waals surface area contributed by atoms with Crippen molar-refractivity contribution in [3.63, 3.8) is 0 Å². The van der Waals surface area contributed by atoms with Gasteiger partial charge < -0.3 is 24.3 Å². The lowest BCUT2D eigenvalue weighted by atomic mass is 10.0. The van der Waals surface area contributed by atoms with Crippen molar-refractivity contribution in [3.8, 4) is 23.0 Å². The molecule has 1 fully saturated rings. The molecule has 156 valence electrons. The molecule has 1 amide bonds. The van der Waals surface area contributed by atoms with Gasteiger partial charge in [0.05, 0.1) is 40.7 Å². The van der Waals surface area contributed by atoms with E-state index in [0.29, 0.717) is 17.2 Å². The van der Waals surface area contributed by atoms with Crippen molar-refractivity contribution >= 4 is 11.6 Å². The molecular formula is C22H28N2O5. The highest BCUT2D eigenvalue weighted by Gasteiger charge is 2.30. The van der Waals surface area contributed by atoms with Gasteiger partial charge in [0.1, 0.15) is 23.0 Å². The first-order chi connectivity index (χ1) is 14.1. The van der Waals surface area contributed by atoms with Gasteiger partial charge in [0.25, 0.3) is 0 Å². The number of carbonyl (C=O) groups excluding carboxylic acids is 1. The molecule has 0 radical (unpaired) electrons. The van der Waals surface area contributed by atoms with E-state index in [2.05, 4.69) is 10.2 Å². The normalized spacial score (nSPS) is 16.3. The Balaban J connectivity index is 1.74. The second-order valence-corrected chi connectivity index (χ2v) is 6.85. The minimum absolute atomic E-state index is 0.0952. The maximum Gasteiger partial charge on any atom is 0.238 e. The molecule has 2 aromatic rings. The maximum absolute atomic E-state index is 12.7. The molecular weight excluding hydrogens is 372 g/mol. The molecule has 0 bridgehead atoms. The number of carbonyl (C=O) groups is 1. The summed E-state index contributed by atoms with van der Waals surface area (Å²) in [4.78, 5) is 14.9. The van der Waals surface area contributed by atoms with Crippen molar-refractivity contribution in [3.05, 3.63) is 42.0 Å². The van der Waals surface area contributed by atoms with Crippen molar-refractivity contribution in [2.45, 2.75) is 18.9 Å². The van der Waals surface area contributed by atoms with Crippen LogP contribution in [0.5, 0.6) is 23.0 Å². The number of ether oxygens (including phenoxy) is 4. The van der Waals surface area contributed by atoms with Crippen molar-refractivity contribution in [2.24, 2.45) is 0 Å². The van der Waals surface area contributed by atoms with Crippen LogP contribution in [0.15, 0.2) is 36.4 Å². The lowest BCUT2D eigenvalue weighted by molar-refractivity contribution is -0.117. The van der Waals surface area contributed by atoms with E-state index in [-0.39, 0.29) is 18.5 Å². The van der Waals surface area contributed by atoms with E-state index in [1.807, 2.05) is 18.2 Å². The average Bonchev–Trinajstić information content (AvgIpc) is 3.21. The zero-order valence-electron chi connectivity index (χ0n) is 17.4. The molecule has 1 heterocycles. The number of nitrogens with zero attached hydrogens (tertiary/aromatic N) is 1. The summed E-state index contributed by atoms with van der Waals surface area (Å²) in [7, 11) is 6.46. The number of amides is 1. The number of nitrogens with one attached hydrogen (secondary N) is 1. The summed E-state index contributed by atoms with van der Waals surface area (Å²) in [6, 6.07) is 11.2. The van der Waals surface area contributed by atoms with Crippen LogP contribution in [-0.2, 0) is 4.79 Å². The Morgan fingerprint density at radius 3 is 2.34 bits per heavy atom. The highest BCUT2D eigenvalue weighted by atomic mass is 16.5. The number of benzene rings is 2. The van der Waals surface area contributed by atoms with Crippen LogP contribution in [0.2, 0.25) is 0 Å². The van der Waals surface area contributed by atoms with Gasteiger partial charge in [0.15, 0.2) is 0 Å². The Morgan fingerprint density at radius 1 is 0.966 bits per heavy atom. The molecule has 7 heteroatoms. The Morgan fingerprint density at radius 2 is 1.66 bits per heavy atom. The molecule has 0 unspecified atom stereocenters. The minimum Gasteiger partial charge on any atom is -0.497 e. The van der Waals surface area contributed by atoms with E-state index in [0.717, 1.165) is 36.4 Å². The van der Waals surface area contributed by atoms with Crippen molar-refractivity contribution in [1.82, 2.24) is 4.90 Å². The highest BCUT2D eigenvalue weighted by Crippen LogP contribution is 2.39. The Hall–Kier alpha value is -2.93. The van der Waals surface area contributed by atoms with Crippen molar-refractivity contribution in [1.29, 1.82) is 0 Å².